The molecule has 0 aromatic carbocycles. The number of methoxy groups -OCH3 is 1. The Bertz CT molecular complexity index is 585. The van der Waals surface area contributed by atoms with Crippen molar-refractivity contribution in [1.82, 2.24) is 14.3 Å². The van der Waals surface area contributed by atoms with E-state index in [1.54, 1.807) is 13.0 Å². The molecule has 1 fully saturated rings. The molecule has 21 heavy (non-hydrogen) atoms. The first kappa shape index (κ1) is 15.9. The maximum Gasteiger partial charge on any atom is 0.303 e. The average molecular weight is 316 g/mol. The standard InChI is InChI=1S/C12H20N4O4S/c1-9-7-11(20-2)14-12(13-9)15-21(18,19)16-5-3-10(8-17)4-6-16/h7,10,17H,3-6,8H2,1-2H3,(H,13,14,15). The van der Waals surface area contributed by atoms with Crippen LogP contribution in [0.3, 0.4) is 0 Å². The molecule has 0 aliphatic carbocycles. The van der Waals surface area contributed by atoms with Gasteiger partial charge in [0.25, 0.3) is 0 Å². The van der Waals surface area contributed by atoms with Gasteiger partial charge in [0.2, 0.25) is 11.8 Å². The number of aliphatic hydroxyl groups is 1. The van der Waals surface area contributed by atoms with Crippen molar-refractivity contribution >= 4 is 16.2 Å². The summed E-state index contributed by atoms with van der Waals surface area (Å²) in [5.74, 6) is 0.474. The fourth-order valence-corrected chi connectivity index (χ4v) is 3.34. The maximum absolute atomic E-state index is 12.3. The zero-order valence-corrected chi connectivity index (χ0v) is 12.9. The molecule has 0 bridgehead atoms. The number of hydrogen-bond acceptors (Lipinski definition) is 6. The number of ether oxygens (including phenoxy) is 1. The number of anilines is 1. The minimum atomic E-state index is -3.69. The molecule has 1 aliphatic rings. The molecular weight excluding hydrogens is 296 g/mol. The van der Waals surface area contributed by atoms with Crippen LogP contribution in [0.2, 0.25) is 0 Å². The molecule has 2 rings (SSSR count). The average Bonchev–Trinajstić information content (AvgIpc) is 2.46. The lowest BCUT2D eigenvalue weighted by atomic mass is 10.00. The molecule has 8 nitrogen and oxygen atoms in total. The lowest BCUT2D eigenvalue weighted by Gasteiger charge is -2.30. The Morgan fingerprint density at radius 2 is 2.10 bits per heavy atom. The van der Waals surface area contributed by atoms with Gasteiger partial charge in [0.05, 0.1) is 7.11 Å². The number of aromatic nitrogens is 2. The van der Waals surface area contributed by atoms with Crippen LogP contribution >= 0.6 is 0 Å². The Hall–Kier alpha value is -1.45. The molecule has 0 amide bonds. The van der Waals surface area contributed by atoms with E-state index in [-0.39, 0.29) is 18.5 Å². The van der Waals surface area contributed by atoms with Crippen molar-refractivity contribution in [2.24, 2.45) is 5.92 Å². The van der Waals surface area contributed by atoms with Crippen molar-refractivity contribution in [3.05, 3.63) is 11.8 Å². The zero-order valence-electron chi connectivity index (χ0n) is 12.1. The maximum atomic E-state index is 12.3. The molecule has 0 atom stereocenters. The summed E-state index contributed by atoms with van der Waals surface area (Å²) in [4.78, 5) is 8.02. The van der Waals surface area contributed by atoms with Crippen LogP contribution in [0, 0.1) is 12.8 Å². The SMILES string of the molecule is COc1cc(C)nc(NS(=O)(=O)N2CCC(CO)CC2)n1. The van der Waals surface area contributed by atoms with Crippen molar-refractivity contribution in [1.29, 1.82) is 0 Å². The lowest BCUT2D eigenvalue weighted by Crippen LogP contribution is -2.42. The first-order valence-corrected chi connectivity index (χ1v) is 8.17. The minimum absolute atomic E-state index is 0.00358. The number of hydrogen-bond donors (Lipinski definition) is 2. The molecule has 0 spiro atoms. The smallest absolute Gasteiger partial charge is 0.303 e. The van der Waals surface area contributed by atoms with Gasteiger partial charge in [0.1, 0.15) is 0 Å². The van der Waals surface area contributed by atoms with E-state index in [1.165, 1.54) is 11.4 Å². The molecule has 0 unspecified atom stereocenters. The Balaban J connectivity index is 2.09. The van der Waals surface area contributed by atoms with E-state index in [1.807, 2.05) is 0 Å². The third-order valence-electron chi connectivity index (χ3n) is 3.43. The van der Waals surface area contributed by atoms with Gasteiger partial charge in [-0.3, -0.25) is 0 Å². The summed E-state index contributed by atoms with van der Waals surface area (Å²) in [5.41, 5.74) is 0.610. The third kappa shape index (κ3) is 4.02. The van der Waals surface area contributed by atoms with E-state index in [4.69, 9.17) is 9.84 Å². The Labute approximate surface area is 124 Å². The van der Waals surface area contributed by atoms with Crippen molar-refractivity contribution in [2.75, 3.05) is 31.5 Å². The highest BCUT2D eigenvalue weighted by atomic mass is 32.2. The number of nitrogens with zero attached hydrogens (tertiary/aromatic N) is 3. The molecule has 118 valence electrons. The van der Waals surface area contributed by atoms with Gasteiger partial charge in [-0.2, -0.15) is 17.7 Å². The Morgan fingerprint density at radius 3 is 2.67 bits per heavy atom. The number of aryl methyl sites for hydroxylation is 1. The van der Waals surface area contributed by atoms with Crippen molar-refractivity contribution in [3.8, 4) is 5.88 Å². The highest BCUT2D eigenvalue weighted by Crippen LogP contribution is 2.20. The molecule has 0 radical (unpaired) electrons. The van der Waals surface area contributed by atoms with Gasteiger partial charge < -0.3 is 9.84 Å². The van der Waals surface area contributed by atoms with E-state index >= 15 is 0 Å². The van der Waals surface area contributed by atoms with Gasteiger partial charge >= 0.3 is 10.2 Å². The quantitative estimate of drug-likeness (QED) is 0.801. The molecule has 2 N–H and O–H groups in total. The monoisotopic (exact) mass is 316 g/mol. The number of nitrogens with one attached hydrogen (secondary N) is 1. The van der Waals surface area contributed by atoms with Crippen LogP contribution < -0.4 is 9.46 Å². The number of piperidine rings is 1. The van der Waals surface area contributed by atoms with Crippen molar-refractivity contribution < 1.29 is 18.3 Å². The van der Waals surface area contributed by atoms with Gasteiger partial charge in [-0.15, -0.1) is 0 Å². The van der Waals surface area contributed by atoms with Gasteiger partial charge in [-0.25, -0.2) is 9.71 Å². The van der Waals surface area contributed by atoms with Crippen molar-refractivity contribution in [2.45, 2.75) is 19.8 Å². The zero-order chi connectivity index (χ0) is 15.5. The largest absolute Gasteiger partial charge is 0.481 e. The minimum Gasteiger partial charge on any atom is -0.481 e. The summed E-state index contributed by atoms with van der Waals surface area (Å²) < 4.78 is 33.3. The lowest BCUT2D eigenvalue weighted by molar-refractivity contribution is 0.170. The van der Waals surface area contributed by atoms with Crippen LogP contribution in [-0.2, 0) is 10.2 Å². The summed E-state index contributed by atoms with van der Waals surface area (Å²) >= 11 is 0. The predicted octanol–water partition coefficient (Wildman–Crippen LogP) is 0.155. The second-order valence-corrected chi connectivity index (χ2v) is 6.68. The van der Waals surface area contributed by atoms with Crippen LogP contribution in [0.15, 0.2) is 6.07 Å². The van der Waals surface area contributed by atoms with E-state index in [2.05, 4.69) is 14.7 Å². The highest BCUT2D eigenvalue weighted by molar-refractivity contribution is 7.90. The Kier molecular flexibility index (Phi) is 4.96. The molecule has 2 heterocycles. The van der Waals surface area contributed by atoms with Crippen LogP contribution in [0.25, 0.3) is 0 Å². The van der Waals surface area contributed by atoms with Gasteiger partial charge in [-0.05, 0) is 25.7 Å². The van der Waals surface area contributed by atoms with Gasteiger partial charge in [-0.1, -0.05) is 0 Å². The molecule has 1 saturated heterocycles. The summed E-state index contributed by atoms with van der Waals surface area (Å²) in [6.07, 6.45) is 1.30. The molecule has 1 aliphatic heterocycles. The predicted molar refractivity (Wildman–Crippen MR) is 77.2 cm³/mol. The molecular formula is C12H20N4O4S. The fraction of sp³-hybridized carbons (Fsp3) is 0.667. The first-order chi connectivity index (χ1) is 9.94. The summed E-state index contributed by atoms with van der Waals surface area (Å²) in [7, 11) is -2.23. The molecule has 0 saturated carbocycles. The van der Waals surface area contributed by atoms with E-state index < -0.39 is 10.2 Å². The Morgan fingerprint density at radius 1 is 1.43 bits per heavy atom. The van der Waals surface area contributed by atoms with Crippen LogP contribution in [0.1, 0.15) is 18.5 Å². The molecule has 1 aromatic rings. The van der Waals surface area contributed by atoms with Crippen molar-refractivity contribution in [3.63, 3.8) is 0 Å². The van der Waals surface area contributed by atoms with Crippen LogP contribution in [0.5, 0.6) is 5.88 Å². The van der Waals surface area contributed by atoms with Crippen LogP contribution in [0.4, 0.5) is 5.95 Å². The van der Waals surface area contributed by atoms with Gasteiger partial charge in [0.15, 0.2) is 0 Å². The van der Waals surface area contributed by atoms with E-state index in [0.29, 0.717) is 37.5 Å². The van der Waals surface area contributed by atoms with E-state index in [0.717, 1.165) is 0 Å². The summed E-state index contributed by atoms with van der Waals surface area (Å²) in [6, 6.07) is 1.62. The first-order valence-electron chi connectivity index (χ1n) is 6.73. The molecule has 9 heteroatoms. The second-order valence-electron chi connectivity index (χ2n) is 5.01. The number of aliphatic hydroxyl groups excluding tert-OH is 1. The molecule has 1 aromatic heterocycles. The van der Waals surface area contributed by atoms with Gasteiger partial charge in [0, 0.05) is 31.5 Å². The topological polar surface area (TPSA) is 105 Å². The van der Waals surface area contributed by atoms with E-state index in [9.17, 15) is 8.42 Å². The highest BCUT2D eigenvalue weighted by Gasteiger charge is 2.28. The normalized spacial score (nSPS) is 17.7. The number of rotatable bonds is 5. The summed E-state index contributed by atoms with van der Waals surface area (Å²) in [5, 5.41) is 9.09. The third-order valence-corrected chi connectivity index (χ3v) is 4.92. The van der Waals surface area contributed by atoms with Crippen LogP contribution in [-0.4, -0.2) is 54.6 Å². The summed E-state index contributed by atoms with van der Waals surface area (Å²) in [6.45, 7) is 2.58. The second kappa shape index (κ2) is 6.54. The fourth-order valence-electron chi connectivity index (χ4n) is 2.20.